The third-order valence-corrected chi connectivity index (χ3v) is 7.97. The number of H-pyrrole nitrogens is 1. The maximum atomic E-state index is 5.52. The second-order valence-corrected chi connectivity index (χ2v) is 10.9. The lowest BCUT2D eigenvalue weighted by atomic mass is 10.0. The minimum Gasteiger partial charge on any atom is -0.366 e. The van der Waals surface area contributed by atoms with Crippen LogP contribution in [0.4, 0.5) is 0 Å². The Morgan fingerprint density at radius 2 is 2.03 bits per heavy atom. The molecule has 0 radical (unpaired) electrons. The summed E-state index contributed by atoms with van der Waals surface area (Å²) in [5.74, 6) is 6.34. The van der Waals surface area contributed by atoms with Gasteiger partial charge in [-0.1, -0.05) is 30.0 Å². The molecule has 6 heteroatoms. The lowest BCUT2D eigenvalue weighted by Gasteiger charge is -2.34. The van der Waals surface area contributed by atoms with Gasteiger partial charge in [-0.05, 0) is 43.9 Å². The number of piperazine rings is 1. The van der Waals surface area contributed by atoms with Gasteiger partial charge < -0.3 is 4.74 Å². The topological polar surface area (TPSA) is 44.4 Å². The van der Waals surface area contributed by atoms with Gasteiger partial charge in [0.05, 0.1) is 22.4 Å². The third kappa shape index (κ3) is 4.58. The van der Waals surface area contributed by atoms with Crippen LogP contribution >= 0.6 is 11.3 Å². The molecular weight excluding hydrogens is 440 g/mol. The number of benzene rings is 1. The number of rotatable bonds is 6. The van der Waals surface area contributed by atoms with E-state index in [0.29, 0.717) is 6.61 Å². The zero-order valence-electron chi connectivity index (χ0n) is 20.1. The Labute approximate surface area is 206 Å². The van der Waals surface area contributed by atoms with Crippen molar-refractivity contribution in [3.63, 3.8) is 0 Å². The molecule has 3 aromatic rings. The summed E-state index contributed by atoms with van der Waals surface area (Å²) < 4.78 is 5.52. The van der Waals surface area contributed by atoms with Crippen LogP contribution in [0, 0.1) is 11.8 Å². The van der Waals surface area contributed by atoms with Gasteiger partial charge in [-0.25, -0.2) is 0 Å². The van der Waals surface area contributed by atoms with Crippen molar-refractivity contribution in [3.05, 3.63) is 51.2 Å². The maximum Gasteiger partial charge on any atom is 0.108 e. The molecule has 1 saturated carbocycles. The molecule has 0 atom stereocenters. The van der Waals surface area contributed by atoms with Gasteiger partial charge in [0, 0.05) is 67.3 Å². The van der Waals surface area contributed by atoms with Crippen LogP contribution < -0.4 is 0 Å². The molecular formula is C28H32N4OS. The molecule has 3 aliphatic rings. The second-order valence-electron chi connectivity index (χ2n) is 10.00. The second kappa shape index (κ2) is 9.31. The van der Waals surface area contributed by atoms with E-state index in [0.717, 1.165) is 35.1 Å². The van der Waals surface area contributed by atoms with E-state index in [9.17, 15) is 0 Å². The standard InChI is InChI=1S/C28H32N4OS/c1-19(2)33-13-3-4-24-15-22(18-34-24)27-26-16-21-14-20(5-8-25(21)28(26)30-29-27)17-31-9-11-32(12-10-31)23-6-7-23/h5,8,14-15,18-19,23H,6-7,9-13,16-17H2,1-2H3,(H,29,30). The first kappa shape index (κ1) is 22.1. The third-order valence-electron chi connectivity index (χ3n) is 7.12. The number of fused-ring (bicyclic) bond motifs is 3. The van der Waals surface area contributed by atoms with Gasteiger partial charge in [0.2, 0.25) is 0 Å². The highest BCUT2D eigenvalue weighted by atomic mass is 32.1. The molecule has 176 valence electrons. The van der Waals surface area contributed by atoms with Crippen molar-refractivity contribution >= 4 is 11.3 Å². The highest BCUT2D eigenvalue weighted by Crippen LogP contribution is 2.41. The van der Waals surface area contributed by atoms with Crippen molar-refractivity contribution in [2.45, 2.75) is 51.8 Å². The Balaban J connectivity index is 1.13. The van der Waals surface area contributed by atoms with Crippen LogP contribution in [0.5, 0.6) is 0 Å². The number of thiophene rings is 1. The van der Waals surface area contributed by atoms with E-state index in [-0.39, 0.29) is 6.10 Å². The lowest BCUT2D eigenvalue weighted by Crippen LogP contribution is -2.46. The summed E-state index contributed by atoms with van der Waals surface area (Å²) in [4.78, 5) is 6.35. The van der Waals surface area contributed by atoms with E-state index in [1.807, 2.05) is 13.8 Å². The maximum absolute atomic E-state index is 5.52. The Morgan fingerprint density at radius 3 is 2.82 bits per heavy atom. The van der Waals surface area contributed by atoms with E-state index in [1.165, 1.54) is 67.0 Å². The number of aromatic amines is 1. The average molecular weight is 473 g/mol. The molecule has 34 heavy (non-hydrogen) atoms. The fourth-order valence-electron chi connectivity index (χ4n) is 5.17. The molecule has 5 nitrogen and oxygen atoms in total. The molecule has 0 spiro atoms. The monoisotopic (exact) mass is 472 g/mol. The van der Waals surface area contributed by atoms with Crippen LogP contribution in [0.1, 0.15) is 48.3 Å². The lowest BCUT2D eigenvalue weighted by molar-refractivity contribution is 0.107. The summed E-state index contributed by atoms with van der Waals surface area (Å²) in [5.41, 5.74) is 8.85. The first-order valence-corrected chi connectivity index (χ1v) is 13.4. The molecule has 1 aromatic carbocycles. The molecule has 2 fully saturated rings. The summed E-state index contributed by atoms with van der Waals surface area (Å²) in [6.45, 7) is 10.4. The number of hydrogen-bond acceptors (Lipinski definition) is 5. The van der Waals surface area contributed by atoms with Crippen molar-refractivity contribution < 1.29 is 4.74 Å². The number of ether oxygens (including phenoxy) is 1. The minimum absolute atomic E-state index is 0.208. The zero-order valence-corrected chi connectivity index (χ0v) is 20.9. The van der Waals surface area contributed by atoms with Gasteiger partial charge in [0.25, 0.3) is 0 Å². The molecule has 0 amide bonds. The quantitative estimate of drug-likeness (QED) is 0.411. The van der Waals surface area contributed by atoms with Crippen LogP contribution in [0.15, 0.2) is 29.6 Å². The number of aromatic nitrogens is 2. The first-order chi connectivity index (χ1) is 16.6. The molecule has 2 aliphatic carbocycles. The highest BCUT2D eigenvalue weighted by Gasteiger charge is 2.31. The van der Waals surface area contributed by atoms with Gasteiger partial charge in [0.15, 0.2) is 0 Å². The number of nitrogens with one attached hydrogen (secondary N) is 1. The molecule has 6 rings (SSSR count). The fraction of sp³-hybridized carbons (Fsp3) is 0.464. The summed E-state index contributed by atoms with van der Waals surface area (Å²) in [6.07, 6.45) is 3.97. The van der Waals surface area contributed by atoms with E-state index in [1.54, 1.807) is 11.3 Å². The van der Waals surface area contributed by atoms with Gasteiger partial charge in [-0.3, -0.25) is 14.9 Å². The van der Waals surface area contributed by atoms with E-state index in [4.69, 9.17) is 4.74 Å². The number of nitrogens with zero attached hydrogens (tertiary/aromatic N) is 3. The van der Waals surface area contributed by atoms with Crippen molar-refractivity contribution in [2.24, 2.45) is 0 Å². The summed E-state index contributed by atoms with van der Waals surface area (Å²) in [7, 11) is 0. The SMILES string of the molecule is CC(C)OCC#Cc1cc(-c2n[nH]c3c2Cc2cc(CN4CCN(C5CC5)CC4)ccc2-3)cs1. The molecule has 0 bridgehead atoms. The van der Waals surface area contributed by atoms with Crippen LogP contribution in [0.3, 0.4) is 0 Å². The van der Waals surface area contributed by atoms with Gasteiger partial charge in [-0.15, -0.1) is 11.3 Å². The van der Waals surface area contributed by atoms with Gasteiger partial charge >= 0.3 is 0 Å². The Hall–Kier alpha value is -2.43. The van der Waals surface area contributed by atoms with Gasteiger partial charge in [0.1, 0.15) is 6.61 Å². The summed E-state index contributed by atoms with van der Waals surface area (Å²) in [5, 5.41) is 10.2. The average Bonchev–Trinajstić information content (AvgIpc) is 3.28. The Morgan fingerprint density at radius 1 is 1.18 bits per heavy atom. The van der Waals surface area contributed by atoms with Crippen LogP contribution in [0.25, 0.3) is 22.5 Å². The van der Waals surface area contributed by atoms with E-state index < -0.39 is 0 Å². The molecule has 2 aromatic heterocycles. The number of hydrogen-bond donors (Lipinski definition) is 1. The molecule has 1 aliphatic heterocycles. The predicted octanol–water partition coefficient (Wildman–Crippen LogP) is 4.77. The van der Waals surface area contributed by atoms with Crippen molar-refractivity contribution in [1.82, 2.24) is 20.0 Å². The normalized spacial score (nSPS) is 18.1. The molecule has 1 N–H and O–H groups in total. The van der Waals surface area contributed by atoms with Crippen LogP contribution in [0.2, 0.25) is 0 Å². The molecule has 3 heterocycles. The Bertz CT molecular complexity index is 1230. The van der Waals surface area contributed by atoms with Crippen LogP contribution in [-0.4, -0.2) is 64.9 Å². The fourth-order valence-corrected chi connectivity index (χ4v) is 5.93. The largest absolute Gasteiger partial charge is 0.366 e. The highest BCUT2D eigenvalue weighted by molar-refractivity contribution is 7.11. The predicted molar refractivity (Wildman–Crippen MR) is 138 cm³/mol. The minimum atomic E-state index is 0.208. The first-order valence-electron chi connectivity index (χ1n) is 12.5. The summed E-state index contributed by atoms with van der Waals surface area (Å²) >= 11 is 1.67. The van der Waals surface area contributed by atoms with Crippen molar-refractivity contribution in [3.8, 4) is 34.4 Å². The van der Waals surface area contributed by atoms with E-state index in [2.05, 4.69) is 61.5 Å². The van der Waals surface area contributed by atoms with Gasteiger partial charge in [-0.2, -0.15) is 5.10 Å². The van der Waals surface area contributed by atoms with Crippen LogP contribution in [-0.2, 0) is 17.7 Å². The summed E-state index contributed by atoms with van der Waals surface area (Å²) in [6, 6.07) is 10.1. The molecule has 0 unspecified atom stereocenters. The van der Waals surface area contributed by atoms with E-state index >= 15 is 0 Å². The van der Waals surface area contributed by atoms with Crippen molar-refractivity contribution in [1.29, 1.82) is 0 Å². The molecule has 1 saturated heterocycles. The Kier molecular flexibility index (Phi) is 6.04. The van der Waals surface area contributed by atoms with Crippen molar-refractivity contribution in [2.75, 3.05) is 32.8 Å². The zero-order chi connectivity index (χ0) is 23.1. The smallest absolute Gasteiger partial charge is 0.108 e.